The van der Waals surface area contributed by atoms with Crippen LogP contribution in [0.1, 0.15) is 30.5 Å². The highest BCUT2D eigenvalue weighted by Gasteiger charge is 2.23. The Hall–Kier alpha value is -4.69. The van der Waals surface area contributed by atoms with Gasteiger partial charge in [-0.1, -0.05) is 37.8 Å². The molecule has 0 atom stereocenters. The van der Waals surface area contributed by atoms with Crippen LogP contribution in [-0.4, -0.2) is 66.8 Å². The van der Waals surface area contributed by atoms with Gasteiger partial charge in [-0.2, -0.15) is 0 Å². The van der Waals surface area contributed by atoms with Crippen LogP contribution in [0.3, 0.4) is 0 Å². The average Bonchev–Trinajstić information content (AvgIpc) is 3.42. The molecule has 5 rings (SSSR count). The first kappa shape index (κ1) is 29.8. The standard InChI is InChI=1S/C35H41N7O/c1-7-27-29(28(20-36)23(4)37-5)21-38-35-33(27)32(25-10-9-22(3)30(19-25)39-31(43)8-2)34(40-35)24-11-13-26(14-12-24)42-17-15-41(6)16-18-42/h8-14,19-21H,2,7,15-18,36H2,1,3-6H3,(H,38,40)(H,39,43)/b28-20+,37-23?. The van der Waals surface area contributed by atoms with Crippen LogP contribution in [0.4, 0.5) is 11.4 Å². The molecule has 1 fully saturated rings. The van der Waals surface area contributed by atoms with E-state index in [2.05, 4.69) is 76.0 Å². The highest BCUT2D eigenvalue weighted by molar-refractivity contribution is 6.24. The van der Waals surface area contributed by atoms with Crippen molar-refractivity contribution in [2.45, 2.75) is 27.2 Å². The van der Waals surface area contributed by atoms with Crippen molar-refractivity contribution in [3.05, 3.63) is 84.2 Å². The van der Waals surface area contributed by atoms with Crippen molar-refractivity contribution >= 4 is 39.6 Å². The number of pyridine rings is 1. The van der Waals surface area contributed by atoms with Crippen LogP contribution in [0.25, 0.3) is 39.0 Å². The SMILES string of the molecule is C=CC(=O)Nc1cc(-c2c(-c3ccc(N4CCN(C)CC4)cc3)[nH]c3ncc(/C(=C/N)C(C)=NC)c(CC)c23)ccc1C. The molecule has 0 bridgehead atoms. The molecular formula is C35H41N7O. The van der Waals surface area contributed by atoms with Crippen LogP contribution in [-0.2, 0) is 11.2 Å². The predicted octanol–water partition coefficient (Wildman–Crippen LogP) is 6.03. The zero-order valence-corrected chi connectivity index (χ0v) is 25.8. The third-order valence-electron chi connectivity index (χ3n) is 8.46. The number of benzene rings is 2. The molecule has 1 aliphatic heterocycles. The summed E-state index contributed by atoms with van der Waals surface area (Å²) in [6.45, 7) is 13.9. The van der Waals surface area contributed by atoms with Gasteiger partial charge in [0.15, 0.2) is 0 Å². The van der Waals surface area contributed by atoms with Crippen molar-refractivity contribution < 1.29 is 4.79 Å². The van der Waals surface area contributed by atoms with Gasteiger partial charge in [0, 0.05) is 84.8 Å². The summed E-state index contributed by atoms with van der Waals surface area (Å²) < 4.78 is 0. The second kappa shape index (κ2) is 12.7. The number of likely N-dealkylation sites (N-methyl/N-ethyl adjacent to an activating group) is 1. The lowest BCUT2D eigenvalue weighted by Crippen LogP contribution is -2.44. The number of piperazine rings is 1. The Labute approximate surface area is 254 Å². The maximum Gasteiger partial charge on any atom is 0.247 e. The topological polar surface area (TPSA) is 103 Å². The third kappa shape index (κ3) is 5.83. The molecule has 1 saturated heterocycles. The van der Waals surface area contributed by atoms with Crippen molar-refractivity contribution in [1.82, 2.24) is 14.9 Å². The van der Waals surface area contributed by atoms with Gasteiger partial charge in [0.2, 0.25) is 5.91 Å². The number of nitrogens with zero attached hydrogens (tertiary/aromatic N) is 4. The molecule has 4 N–H and O–H groups in total. The number of aromatic nitrogens is 2. The molecule has 0 aliphatic carbocycles. The number of hydrogen-bond donors (Lipinski definition) is 3. The summed E-state index contributed by atoms with van der Waals surface area (Å²) >= 11 is 0. The van der Waals surface area contributed by atoms with Crippen molar-refractivity contribution in [1.29, 1.82) is 0 Å². The summed E-state index contributed by atoms with van der Waals surface area (Å²) in [5.41, 5.74) is 17.7. The number of rotatable bonds is 8. The van der Waals surface area contributed by atoms with Crippen molar-refractivity contribution in [3.8, 4) is 22.4 Å². The van der Waals surface area contributed by atoms with Crippen molar-refractivity contribution in [3.63, 3.8) is 0 Å². The van der Waals surface area contributed by atoms with Gasteiger partial charge < -0.3 is 25.8 Å². The van der Waals surface area contributed by atoms with E-state index in [4.69, 9.17) is 10.7 Å². The number of aryl methyl sites for hydroxylation is 2. The maximum absolute atomic E-state index is 12.3. The summed E-state index contributed by atoms with van der Waals surface area (Å²) in [4.78, 5) is 30.0. The highest BCUT2D eigenvalue weighted by Crippen LogP contribution is 2.42. The largest absolute Gasteiger partial charge is 0.404 e. The smallest absolute Gasteiger partial charge is 0.247 e. The van der Waals surface area contributed by atoms with Crippen LogP contribution >= 0.6 is 0 Å². The first-order valence-electron chi connectivity index (χ1n) is 14.8. The lowest BCUT2D eigenvalue weighted by atomic mass is 9.90. The number of aromatic amines is 1. The molecule has 2 aromatic carbocycles. The van der Waals surface area contributed by atoms with E-state index in [1.165, 1.54) is 11.8 Å². The molecule has 2 aromatic heterocycles. The molecule has 43 heavy (non-hydrogen) atoms. The first-order chi connectivity index (χ1) is 20.8. The van der Waals surface area contributed by atoms with E-state index in [0.717, 1.165) is 99.7 Å². The number of carbonyl (C=O) groups is 1. The number of hydrogen-bond acceptors (Lipinski definition) is 6. The van der Waals surface area contributed by atoms with Crippen LogP contribution in [0.5, 0.6) is 0 Å². The summed E-state index contributed by atoms with van der Waals surface area (Å²) in [5.74, 6) is -0.246. The minimum Gasteiger partial charge on any atom is -0.404 e. The Balaban J connectivity index is 1.74. The molecule has 0 unspecified atom stereocenters. The summed E-state index contributed by atoms with van der Waals surface area (Å²) in [7, 11) is 3.94. The van der Waals surface area contributed by atoms with Gasteiger partial charge in [-0.3, -0.25) is 9.79 Å². The Morgan fingerprint density at radius 3 is 2.47 bits per heavy atom. The zero-order valence-electron chi connectivity index (χ0n) is 25.8. The quantitative estimate of drug-likeness (QED) is 0.176. The van der Waals surface area contributed by atoms with Crippen molar-refractivity contribution in [2.75, 3.05) is 50.5 Å². The van der Waals surface area contributed by atoms with Crippen molar-refractivity contribution in [2.24, 2.45) is 10.7 Å². The van der Waals surface area contributed by atoms with E-state index >= 15 is 0 Å². The maximum atomic E-state index is 12.3. The summed E-state index contributed by atoms with van der Waals surface area (Å²) in [6, 6.07) is 15.0. The minimum absolute atomic E-state index is 0.246. The lowest BCUT2D eigenvalue weighted by molar-refractivity contribution is -0.111. The van der Waals surface area contributed by atoms with Gasteiger partial charge in [0.1, 0.15) is 5.65 Å². The van der Waals surface area contributed by atoms with Crippen LogP contribution in [0.2, 0.25) is 0 Å². The number of allylic oxidation sites excluding steroid dienone is 1. The second-order valence-corrected chi connectivity index (χ2v) is 11.1. The van der Waals surface area contributed by atoms with E-state index in [1.54, 1.807) is 13.2 Å². The Bertz CT molecular complexity index is 1720. The van der Waals surface area contributed by atoms with Gasteiger partial charge in [-0.05, 0) is 73.8 Å². The average molecular weight is 576 g/mol. The third-order valence-corrected chi connectivity index (χ3v) is 8.46. The monoisotopic (exact) mass is 575 g/mol. The Kier molecular flexibility index (Phi) is 8.78. The number of H-pyrrole nitrogens is 1. The fourth-order valence-electron chi connectivity index (χ4n) is 5.85. The molecule has 0 radical (unpaired) electrons. The fraction of sp³-hybridized carbons (Fsp3) is 0.286. The van der Waals surface area contributed by atoms with Gasteiger partial charge in [0.25, 0.3) is 0 Å². The molecule has 3 heterocycles. The number of anilines is 2. The number of fused-ring (bicyclic) bond motifs is 1. The molecule has 0 saturated carbocycles. The number of aliphatic imine (C=N–C) groups is 1. The molecule has 0 spiro atoms. The van der Waals surface area contributed by atoms with Crippen LogP contribution in [0, 0.1) is 6.92 Å². The van der Waals surface area contributed by atoms with Gasteiger partial charge in [-0.15, -0.1) is 0 Å². The van der Waals surface area contributed by atoms with E-state index in [-0.39, 0.29) is 5.91 Å². The minimum atomic E-state index is -0.246. The Morgan fingerprint density at radius 1 is 1.14 bits per heavy atom. The molecule has 222 valence electrons. The summed E-state index contributed by atoms with van der Waals surface area (Å²) in [6.07, 6.45) is 5.56. The first-order valence-corrected chi connectivity index (χ1v) is 14.8. The Morgan fingerprint density at radius 2 is 1.84 bits per heavy atom. The second-order valence-electron chi connectivity index (χ2n) is 11.1. The van der Waals surface area contributed by atoms with Gasteiger partial charge >= 0.3 is 0 Å². The van der Waals surface area contributed by atoms with E-state index < -0.39 is 0 Å². The molecule has 1 aliphatic rings. The van der Waals surface area contributed by atoms with E-state index in [0.29, 0.717) is 0 Å². The van der Waals surface area contributed by atoms with Gasteiger partial charge in [0.05, 0.1) is 5.69 Å². The lowest BCUT2D eigenvalue weighted by Gasteiger charge is -2.34. The zero-order chi connectivity index (χ0) is 30.7. The molecular weight excluding hydrogens is 534 g/mol. The van der Waals surface area contributed by atoms with Gasteiger partial charge in [-0.25, -0.2) is 4.98 Å². The van der Waals surface area contributed by atoms with E-state index in [9.17, 15) is 4.79 Å². The predicted molar refractivity (Wildman–Crippen MR) is 181 cm³/mol. The fourth-order valence-corrected chi connectivity index (χ4v) is 5.85. The molecule has 1 amide bonds. The molecule has 4 aromatic rings. The highest BCUT2D eigenvalue weighted by atomic mass is 16.1. The number of nitrogens with one attached hydrogen (secondary N) is 2. The normalized spacial score (nSPS) is 14.8. The number of amides is 1. The molecule has 8 heteroatoms. The number of nitrogens with two attached hydrogens (primary N) is 1. The van der Waals surface area contributed by atoms with E-state index in [1.807, 2.05) is 32.2 Å². The number of carbonyl (C=O) groups excluding carboxylic acids is 1. The van der Waals surface area contributed by atoms with Crippen LogP contribution < -0.4 is 16.0 Å². The van der Waals surface area contributed by atoms with Crippen LogP contribution in [0.15, 0.2) is 72.5 Å². The summed E-state index contributed by atoms with van der Waals surface area (Å²) in [5, 5.41) is 4.01. The molecule has 8 nitrogen and oxygen atoms in total.